The standard InChI is InChI=1S/C22H35N3O3/c1-2-3-4-5-6-7-8-9-10-11-12-15-19(26)18-22(27)24-20-16-13-14-17-21(20)25(28)23-24/h13-14,16-17,19,26H,2-12,15,18H2,1H3/t19-/m0/s1. The fourth-order valence-corrected chi connectivity index (χ4v) is 3.60. The molecular weight excluding hydrogens is 354 g/mol. The molecule has 1 N–H and O–H groups in total. The molecule has 6 nitrogen and oxygen atoms in total. The number of carbonyl (C=O) groups excluding carboxylic acids is 1. The molecule has 28 heavy (non-hydrogen) atoms. The van der Waals surface area contributed by atoms with Gasteiger partial charge in [0.1, 0.15) is 5.21 Å². The van der Waals surface area contributed by atoms with Gasteiger partial charge in [-0.1, -0.05) is 94.4 Å². The number of carbonyl (C=O) groups is 1. The number of unbranched alkanes of at least 4 members (excludes halogenated alkanes) is 10. The Bertz CT molecular complexity index is 714. The molecule has 0 unspecified atom stereocenters. The highest BCUT2D eigenvalue weighted by Crippen LogP contribution is 2.14. The van der Waals surface area contributed by atoms with E-state index in [-0.39, 0.29) is 12.3 Å². The Balaban J connectivity index is 1.57. The Morgan fingerprint density at radius 1 is 1.04 bits per heavy atom. The molecular formula is C22H35N3O3. The van der Waals surface area contributed by atoms with Crippen molar-refractivity contribution in [2.24, 2.45) is 0 Å². The van der Waals surface area contributed by atoms with E-state index in [1.54, 1.807) is 24.3 Å². The van der Waals surface area contributed by atoms with Gasteiger partial charge < -0.3 is 10.3 Å². The summed E-state index contributed by atoms with van der Waals surface area (Å²) in [4.78, 5) is 12.8. The van der Waals surface area contributed by atoms with Crippen LogP contribution in [0.1, 0.15) is 95.2 Å². The first-order chi connectivity index (χ1) is 13.6. The average molecular weight is 390 g/mol. The van der Waals surface area contributed by atoms with E-state index in [4.69, 9.17) is 0 Å². The Morgan fingerprint density at radius 2 is 1.61 bits per heavy atom. The third kappa shape index (κ3) is 7.23. The van der Waals surface area contributed by atoms with Crippen molar-refractivity contribution in [3.63, 3.8) is 0 Å². The lowest BCUT2D eigenvalue weighted by Gasteiger charge is -2.07. The molecule has 2 rings (SSSR count). The lowest BCUT2D eigenvalue weighted by Crippen LogP contribution is -2.31. The summed E-state index contributed by atoms with van der Waals surface area (Å²) >= 11 is 0. The molecule has 0 aliphatic heterocycles. The molecule has 0 aliphatic rings. The second-order valence-corrected chi connectivity index (χ2v) is 7.74. The third-order valence-electron chi connectivity index (χ3n) is 5.27. The number of rotatable bonds is 14. The Morgan fingerprint density at radius 3 is 2.25 bits per heavy atom. The number of benzene rings is 1. The average Bonchev–Trinajstić information content (AvgIpc) is 3.03. The maximum absolute atomic E-state index is 12.4. The largest absolute Gasteiger partial charge is 0.691 e. The van der Waals surface area contributed by atoms with Gasteiger partial charge in [0, 0.05) is 0 Å². The van der Waals surface area contributed by atoms with Gasteiger partial charge in [-0.2, -0.15) is 0 Å². The molecule has 0 aliphatic carbocycles. The Hall–Kier alpha value is -1.95. The van der Waals surface area contributed by atoms with Crippen molar-refractivity contribution in [3.05, 3.63) is 29.5 Å². The van der Waals surface area contributed by atoms with Crippen molar-refractivity contribution in [1.82, 2.24) is 9.90 Å². The van der Waals surface area contributed by atoms with Crippen LogP contribution in [-0.2, 0) is 0 Å². The fraction of sp³-hybridized carbons (Fsp3) is 0.682. The minimum absolute atomic E-state index is 0.0105. The number of para-hydroxylation sites is 2. The highest BCUT2D eigenvalue weighted by Gasteiger charge is 2.23. The molecule has 0 saturated carbocycles. The minimum atomic E-state index is -0.686. The first kappa shape index (κ1) is 22.3. The van der Waals surface area contributed by atoms with Crippen LogP contribution in [0.5, 0.6) is 0 Å². The topological polar surface area (TPSA) is 82.1 Å². The number of fused-ring (bicyclic) bond motifs is 1. The van der Waals surface area contributed by atoms with Crippen molar-refractivity contribution < 1.29 is 14.7 Å². The van der Waals surface area contributed by atoms with Gasteiger partial charge >= 0.3 is 5.91 Å². The number of hydrogen-bond donors (Lipinski definition) is 1. The third-order valence-corrected chi connectivity index (χ3v) is 5.27. The predicted octanol–water partition coefficient (Wildman–Crippen LogP) is 4.76. The van der Waals surface area contributed by atoms with Crippen molar-refractivity contribution in [3.8, 4) is 0 Å². The van der Waals surface area contributed by atoms with Crippen molar-refractivity contribution in [2.75, 3.05) is 0 Å². The summed E-state index contributed by atoms with van der Waals surface area (Å²) in [7, 11) is 0. The van der Waals surface area contributed by atoms with Crippen LogP contribution < -0.4 is 4.85 Å². The normalized spacial score (nSPS) is 12.5. The monoisotopic (exact) mass is 389 g/mol. The summed E-state index contributed by atoms with van der Waals surface area (Å²) in [6, 6.07) is 6.80. The quantitative estimate of drug-likeness (QED) is 0.287. The Labute approximate surface area is 168 Å². The molecule has 0 fully saturated rings. The van der Waals surface area contributed by atoms with Crippen molar-refractivity contribution in [2.45, 2.75) is 96.5 Å². The van der Waals surface area contributed by atoms with E-state index < -0.39 is 6.10 Å². The lowest BCUT2D eigenvalue weighted by atomic mass is 10.0. The predicted molar refractivity (Wildman–Crippen MR) is 111 cm³/mol. The van der Waals surface area contributed by atoms with E-state index in [0.717, 1.165) is 17.5 Å². The highest BCUT2D eigenvalue weighted by atomic mass is 16.5. The second-order valence-electron chi connectivity index (χ2n) is 7.74. The zero-order valence-corrected chi connectivity index (χ0v) is 17.2. The lowest BCUT2D eigenvalue weighted by molar-refractivity contribution is -0.645. The van der Waals surface area contributed by atoms with Crippen molar-refractivity contribution >= 4 is 16.9 Å². The van der Waals surface area contributed by atoms with Crippen LogP contribution in [0.15, 0.2) is 24.3 Å². The zero-order valence-electron chi connectivity index (χ0n) is 17.2. The minimum Gasteiger partial charge on any atom is -0.691 e. The number of hydrogen-bond acceptors (Lipinski definition) is 4. The number of nitrogens with zero attached hydrogens (tertiary/aromatic N) is 3. The number of aliphatic hydroxyl groups is 1. The highest BCUT2D eigenvalue weighted by molar-refractivity contribution is 5.87. The van der Waals surface area contributed by atoms with E-state index in [1.807, 2.05) is 0 Å². The van der Waals surface area contributed by atoms with Gasteiger partial charge in [0.2, 0.25) is 11.0 Å². The van der Waals surface area contributed by atoms with Crippen LogP contribution in [0.4, 0.5) is 0 Å². The van der Waals surface area contributed by atoms with E-state index in [1.165, 1.54) is 57.8 Å². The van der Waals surface area contributed by atoms with Gasteiger partial charge in [-0.25, -0.2) is 4.79 Å². The number of aliphatic hydroxyl groups excluding tert-OH is 1. The van der Waals surface area contributed by atoms with Crippen LogP contribution in [0, 0.1) is 5.21 Å². The number of aromatic nitrogens is 3. The first-order valence-corrected chi connectivity index (χ1v) is 10.9. The summed E-state index contributed by atoms with van der Waals surface area (Å²) in [6.07, 6.45) is 13.8. The van der Waals surface area contributed by atoms with Gasteiger partial charge in [-0.15, -0.1) is 4.85 Å². The summed E-state index contributed by atoms with van der Waals surface area (Å²) in [6.45, 7) is 2.24. The molecule has 0 radical (unpaired) electrons. The molecule has 0 amide bonds. The molecule has 156 valence electrons. The maximum Gasteiger partial charge on any atom is 0.337 e. The van der Waals surface area contributed by atoms with Gasteiger partial charge in [-0.05, 0) is 18.6 Å². The van der Waals surface area contributed by atoms with Crippen molar-refractivity contribution in [1.29, 1.82) is 0 Å². The summed E-state index contributed by atoms with van der Waals surface area (Å²) in [5, 5.41) is 25.6. The Kier molecular flexibility index (Phi) is 9.97. The summed E-state index contributed by atoms with van der Waals surface area (Å²) in [5.74, 6) is -0.346. The van der Waals surface area contributed by atoms with Gasteiger partial charge in [0.05, 0.1) is 12.5 Å². The van der Waals surface area contributed by atoms with E-state index in [0.29, 0.717) is 22.3 Å². The molecule has 2 aromatic rings. The first-order valence-electron chi connectivity index (χ1n) is 10.9. The fourth-order valence-electron chi connectivity index (χ4n) is 3.60. The molecule has 0 saturated heterocycles. The van der Waals surface area contributed by atoms with Gasteiger partial charge in [0.15, 0.2) is 0 Å². The van der Waals surface area contributed by atoms with Crippen LogP contribution in [0.2, 0.25) is 0 Å². The maximum atomic E-state index is 12.4. The molecule has 0 bridgehead atoms. The summed E-state index contributed by atoms with van der Waals surface area (Å²) < 4.78 is 1.10. The van der Waals surface area contributed by atoms with Crippen LogP contribution in [0.25, 0.3) is 11.0 Å². The summed E-state index contributed by atoms with van der Waals surface area (Å²) in [5.41, 5.74) is 0.833. The van der Waals surface area contributed by atoms with Crippen LogP contribution >= 0.6 is 0 Å². The van der Waals surface area contributed by atoms with Gasteiger partial charge in [0.25, 0.3) is 0 Å². The molecule has 1 heterocycles. The van der Waals surface area contributed by atoms with E-state index in [9.17, 15) is 15.1 Å². The smallest absolute Gasteiger partial charge is 0.337 e. The second kappa shape index (κ2) is 12.5. The van der Waals surface area contributed by atoms with E-state index >= 15 is 0 Å². The van der Waals surface area contributed by atoms with Crippen LogP contribution in [0.3, 0.4) is 0 Å². The van der Waals surface area contributed by atoms with Gasteiger partial charge in [-0.3, -0.25) is 0 Å². The molecule has 1 aromatic heterocycles. The molecule has 0 spiro atoms. The van der Waals surface area contributed by atoms with E-state index in [2.05, 4.69) is 12.1 Å². The molecule has 1 aromatic carbocycles. The van der Waals surface area contributed by atoms with Crippen LogP contribution in [-0.4, -0.2) is 27.0 Å². The molecule has 1 atom stereocenters. The zero-order chi connectivity index (χ0) is 20.2. The SMILES string of the molecule is CCCCCCCCCCCCC[C@H](O)CC(=O)n1n[n+]([O-])c2ccccc21. The molecule has 6 heteroatoms.